The Morgan fingerprint density at radius 2 is 1.71 bits per heavy atom. The summed E-state index contributed by atoms with van der Waals surface area (Å²) in [6.07, 6.45) is 1.87. The lowest BCUT2D eigenvalue weighted by Crippen LogP contribution is -2.44. The molecule has 21 heavy (non-hydrogen) atoms. The lowest BCUT2D eigenvalue weighted by atomic mass is 9.94. The summed E-state index contributed by atoms with van der Waals surface area (Å²) in [5.74, 6) is -0.417. The van der Waals surface area contributed by atoms with Crippen molar-refractivity contribution in [3.8, 4) is 0 Å². The van der Waals surface area contributed by atoms with Gasteiger partial charge in [-0.1, -0.05) is 24.3 Å². The second-order valence-corrected chi connectivity index (χ2v) is 5.57. The fourth-order valence-corrected chi connectivity index (χ4v) is 3.24. The summed E-state index contributed by atoms with van der Waals surface area (Å²) < 4.78 is 5.57. The van der Waals surface area contributed by atoms with Crippen molar-refractivity contribution in [1.82, 2.24) is 4.90 Å². The molecule has 2 aromatic rings. The van der Waals surface area contributed by atoms with Crippen molar-refractivity contribution in [1.29, 1.82) is 0 Å². The van der Waals surface area contributed by atoms with Gasteiger partial charge in [0.1, 0.15) is 0 Å². The van der Waals surface area contributed by atoms with E-state index < -0.39 is 0 Å². The minimum Gasteiger partial charge on any atom is -0.376 e. The summed E-state index contributed by atoms with van der Waals surface area (Å²) in [5.41, 5.74) is 1.22. The molecule has 1 fully saturated rings. The molecule has 0 saturated carbocycles. The van der Waals surface area contributed by atoms with E-state index in [-0.39, 0.29) is 17.9 Å². The Kier molecular flexibility index (Phi) is 2.79. The van der Waals surface area contributed by atoms with E-state index in [1.54, 1.807) is 12.1 Å². The van der Waals surface area contributed by atoms with E-state index in [2.05, 4.69) is 0 Å². The van der Waals surface area contributed by atoms with Crippen molar-refractivity contribution < 1.29 is 14.3 Å². The maximum atomic E-state index is 12.7. The van der Waals surface area contributed by atoms with Crippen LogP contribution in [0.25, 0.3) is 10.8 Å². The summed E-state index contributed by atoms with van der Waals surface area (Å²) in [7, 11) is 0. The lowest BCUT2D eigenvalue weighted by molar-refractivity contribution is 0.0437. The number of imide groups is 1. The van der Waals surface area contributed by atoms with Crippen molar-refractivity contribution >= 4 is 22.6 Å². The van der Waals surface area contributed by atoms with Gasteiger partial charge < -0.3 is 4.74 Å². The van der Waals surface area contributed by atoms with Crippen molar-refractivity contribution in [2.24, 2.45) is 0 Å². The summed E-state index contributed by atoms with van der Waals surface area (Å²) in [6.45, 7) is 1.06. The number of hydrogen-bond donors (Lipinski definition) is 0. The minimum absolute atomic E-state index is 0.0256. The predicted molar refractivity (Wildman–Crippen MR) is 78.3 cm³/mol. The SMILES string of the molecule is O=C1c2cccc3cccc(c23)C(=O)N1C[C@H]1CCCO1. The van der Waals surface area contributed by atoms with Crippen LogP contribution in [0.2, 0.25) is 0 Å². The second-order valence-electron chi connectivity index (χ2n) is 5.57. The van der Waals surface area contributed by atoms with Crippen LogP contribution in [0.5, 0.6) is 0 Å². The summed E-state index contributed by atoms with van der Waals surface area (Å²) in [6, 6.07) is 11.2. The number of benzene rings is 2. The molecule has 0 N–H and O–H groups in total. The molecule has 0 spiro atoms. The van der Waals surface area contributed by atoms with Crippen molar-refractivity contribution in [2.75, 3.05) is 13.2 Å². The molecule has 1 saturated heterocycles. The lowest BCUT2D eigenvalue weighted by Gasteiger charge is -2.28. The second kappa shape index (κ2) is 4.67. The Morgan fingerprint density at radius 3 is 2.29 bits per heavy atom. The molecule has 2 aliphatic rings. The summed E-state index contributed by atoms with van der Waals surface area (Å²) >= 11 is 0. The maximum Gasteiger partial charge on any atom is 0.261 e. The Bertz CT molecular complexity index is 696. The summed E-state index contributed by atoms with van der Waals surface area (Å²) in [4.78, 5) is 26.6. The van der Waals surface area contributed by atoms with Gasteiger partial charge in [-0.3, -0.25) is 14.5 Å². The fraction of sp³-hybridized carbons (Fsp3) is 0.294. The number of nitrogens with zero attached hydrogens (tertiary/aromatic N) is 1. The van der Waals surface area contributed by atoms with Gasteiger partial charge in [0, 0.05) is 23.1 Å². The highest BCUT2D eigenvalue weighted by Gasteiger charge is 2.34. The van der Waals surface area contributed by atoms with Gasteiger partial charge in [-0.05, 0) is 30.4 Å². The number of amides is 2. The van der Waals surface area contributed by atoms with E-state index in [1.807, 2.05) is 24.3 Å². The van der Waals surface area contributed by atoms with Gasteiger partial charge in [-0.25, -0.2) is 0 Å². The smallest absolute Gasteiger partial charge is 0.261 e. The Hall–Kier alpha value is -2.20. The molecule has 0 aromatic heterocycles. The third kappa shape index (κ3) is 1.87. The first-order chi connectivity index (χ1) is 10.3. The van der Waals surface area contributed by atoms with Crippen molar-refractivity contribution in [3.05, 3.63) is 47.5 Å². The zero-order valence-electron chi connectivity index (χ0n) is 11.5. The van der Waals surface area contributed by atoms with Crippen LogP contribution in [0.15, 0.2) is 36.4 Å². The molecule has 0 aliphatic carbocycles. The van der Waals surface area contributed by atoms with Crippen LogP contribution in [0, 0.1) is 0 Å². The molecule has 0 radical (unpaired) electrons. The molecule has 4 rings (SSSR count). The summed E-state index contributed by atoms with van der Waals surface area (Å²) in [5, 5.41) is 1.71. The largest absolute Gasteiger partial charge is 0.376 e. The van der Waals surface area contributed by atoms with Crippen LogP contribution < -0.4 is 0 Å². The fourth-order valence-electron chi connectivity index (χ4n) is 3.24. The molecule has 4 nitrogen and oxygen atoms in total. The topological polar surface area (TPSA) is 46.6 Å². The van der Waals surface area contributed by atoms with Gasteiger partial charge in [0.15, 0.2) is 0 Å². The Morgan fingerprint density at radius 1 is 1.05 bits per heavy atom. The minimum atomic E-state index is -0.209. The number of rotatable bonds is 2. The molecule has 2 aromatic carbocycles. The third-order valence-corrected chi connectivity index (χ3v) is 4.27. The van der Waals surface area contributed by atoms with Gasteiger partial charge in [0.2, 0.25) is 0 Å². The van der Waals surface area contributed by atoms with Crippen LogP contribution in [-0.4, -0.2) is 36.0 Å². The van der Waals surface area contributed by atoms with Crippen LogP contribution >= 0.6 is 0 Å². The first-order valence-electron chi connectivity index (χ1n) is 7.25. The zero-order valence-corrected chi connectivity index (χ0v) is 11.5. The van der Waals surface area contributed by atoms with E-state index in [4.69, 9.17) is 4.74 Å². The number of carbonyl (C=O) groups excluding carboxylic acids is 2. The average molecular weight is 281 g/mol. The molecule has 2 aliphatic heterocycles. The van der Waals surface area contributed by atoms with E-state index in [0.29, 0.717) is 24.3 Å². The molecule has 2 heterocycles. The Labute approximate surface area is 122 Å². The highest BCUT2D eigenvalue weighted by molar-refractivity contribution is 6.25. The monoisotopic (exact) mass is 281 g/mol. The van der Waals surface area contributed by atoms with E-state index in [0.717, 1.165) is 23.6 Å². The number of hydrogen-bond acceptors (Lipinski definition) is 3. The van der Waals surface area contributed by atoms with Gasteiger partial charge in [0.05, 0.1) is 12.6 Å². The number of ether oxygens (including phenoxy) is 1. The molecule has 106 valence electrons. The number of carbonyl (C=O) groups is 2. The first kappa shape index (κ1) is 12.5. The zero-order chi connectivity index (χ0) is 14.4. The van der Waals surface area contributed by atoms with E-state index >= 15 is 0 Å². The quantitative estimate of drug-likeness (QED) is 0.795. The Balaban J connectivity index is 1.81. The molecular formula is C17H15NO3. The van der Waals surface area contributed by atoms with Gasteiger partial charge >= 0.3 is 0 Å². The van der Waals surface area contributed by atoms with Gasteiger partial charge in [-0.15, -0.1) is 0 Å². The van der Waals surface area contributed by atoms with Crippen molar-refractivity contribution in [3.63, 3.8) is 0 Å². The van der Waals surface area contributed by atoms with Crippen LogP contribution in [0.4, 0.5) is 0 Å². The van der Waals surface area contributed by atoms with Crippen LogP contribution in [0.1, 0.15) is 33.6 Å². The standard InChI is InChI=1S/C17H15NO3/c19-16-13-7-1-4-11-5-2-8-14(15(11)13)17(20)18(16)10-12-6-3-9-21-12/h1-2,4-5,7-8,12H,3,6,9-10H2/t12-/m1/s1. The third-order valence-electron chi connectivity index (χ3n) is 4.27. The van der Waals surface area contributed by atoms with Crippen LogP contribution in [-0.2, 0) is 4.74 Å². The van der Waals surface area contributed by atoms with Gasteiger partial charge in [0.25, 0.3) is 11.8 Å². The molecule has 0 unspecified atom stereocenters. The molecule has 1 atom stereocenters. The van der Waals surface area contributed by atoms with Crippen LogP contribution in [0.3, 0.4) is 0 Å². The normalized spacial score (nSPS) is 21.3. The van der Waals surface area contributed by atoms with Crippen molar-refractivity contribution in [2.45, 2.75) is 18.9 Å². The molecule has 2 amide bonds. The maximum absolute atomic E-state index is 12.7. The highest BCUT2D eigenvalue weighted by atomic mass is 16.5. The molecule has 4 heteroatoms. The molecule has 0 bridgehead atoms. The van der Waals surface area contributed by atoms with E-state index in [1.165, 1.54) is 4.90 Å². The predicted octanol–water partition coefficient (Wildman–Crippen LogP) is 2.61. The first-order valence-corrected chi connectivity index (χ1v) is 7.25. The highest BCUT2D eigenvalue weighted by Crippen LogP contribution is 2.30. The average Bonchev–Trinajstić information content (AvgIpc) is 3.02. The molecular weight excluding hydrogens is 266 g/mol. The van der Waals surface area contributed by atoms with E-state index in [9.17, 15) is 9.59 Å². The van der Waals surface area contributed by atoms with Gasteiger partial charge in [-0.2, -0.15) is 0 Å².